The van der Waals surface area contributed by atoms with Crippen LogP contribution in [0.1, 0.15) is 19.4 Å². The monoisotopic (exact) mass is 270 g/mol. The lowest BCUT2D eigenvalue weighted by Gasteiger charge is -2.08. The molecular weight excluding hydrogens is 256 g/mol. The minimum Gasteiger partial charge on any atom is -0.494 e. The maximum atomic E-state index is 11.1. The molecule has 1 atom stereocenters. The average Bonchev–Trinajstić information content (AvgIpc) is 2.18. The molecule has 0 aliphatic carbocycles. The molecule has 82 valence electrons. The van der Waals surface area contributed by atoms with E-state index >= 15 is 0 Å². The third-order valence-electron chi connectivity index (χ3n) is 2.07. The molecule has 1 rings (SSSR count). The van der Waals surface area contributed by atoms with E-state index in [9.17, 15) is 4.79 Å². The Kier molecular flexibility index (Phi) is 4.82. The second-order valence-corrected chi connectivity index (χ2v) is 4.47. The second-order valence-electron chi connectivity index (χ2n) is 3.36. The zero-order chi connectivity index (χ0) is 11.3. The van der Waals surface area contributed by atoms with Crippen LogP contribution in [0, 0.1) is 0 Å². The maximum absolute atomic E-state index is 11.1. The summed E-state index contributed by atoms with van der Waals surface area (Å²) in [4.78, 5) is 11.0. The van der Waals surface area contributed by atoms with Crippen molar-refractivity contribution in [3.63, 3.8) is 0 Å². The van der Waals surface area contributed by atoms with Gasteiger partial charge in [-0.05, 0) is 38.0 Å². The third kappa shape index (κ3) is 4.04. The molecule has 1 aromatic rings. The number of hydrogen-bond acceptors (Lipinski definition) is 2. The lowest BCUT2D eigenvalue weighted by atomic mass is 10.1. The number of hydrogen-bond donors (Lipinski definition) is 0. The molecule has 0 N–H and O–H groups in total. The van der Waals surface area contributed by atoms with Crippen LogP contribution in [0.3, 0.4) is 0 Å². The van der Waals surface area contributed by atoms with E-state index in [0.29, 0.717) is 13.0 Å². The van der Waals surface area contributed by atoms with Crippen molar-refractivity contribution >= 4 is 21.7 Å². The summed E-state index contributed by atoms with van der Waals surface area (Å²) in [6, 6.07) is 7.84. The predicted octanol–water partition coefficient (Wildman–Crippen LogP) is 2.98. The van der Waals surface area contributed by atoms with E-state index in [1.165, 1.54) is 0 Å². The number of carbonyl (C=O) groups is 1. The van der Waals surface area contributed by atoms with Gasteiger partial charge in [-0.3, -0.25) is 4.79 Å². The fourth-order valence-corrected chi connectivity index (χ4v) is 1.65. The predicted molar refractivity (Wildman–Crippen MR) is 64.7 cm³/mol. The van der Waals surface area contributed by atoms with E-state index < -0.39 is 0 Å². The quantitative estimate of drug-likeness (QED) is 0.769. The molecule has 0 heterocycles. The lowest BCUT2D eigenvalue weighted by Crippen LogP contribution is -2.12. The first-order valence-corrected chi connectivity index (χ1v) is 5.91. The Morgan fingerprint density at radius 2 is 2.27 bits per heavy atom. The Hall–Kier alpha value is -0.830. The van der Waals surface area contributed by atoms with Crippen LogP contribution in [0.25, 0.3) is 0 Å². The summed E-state index contributed by atoms with van der Waals surface area (Å²) in [7, 11) is 0. The zero-order valence-electron chi connectivity index (χ0n) is 9.00. The molecule has 0 saturated carbocycles. The van der Waals surface area contributed by atoms with Crippen molar-refractivity contribution in [1.29, 1.82) is 0 Å². The maximum Gasteiger partial charge on any atom is 0.143 e. The summed E-state index contributed by atoms with van der Waals surface area (Å²) in [5.41, 5.74) is 1.11. The van der Waals surface area contributed by atoms with Gasteiger partial charge in [0.15, 0.2) is 0 Å². The molecule has 1 aromatic carbocycles. The van der Waals surface area contributed by atoms with E-state index in [-0.39, 0.29) is 10.6 Å². The van der Waals surface area contributed by atoms with E-state index in [2.05, 4.69) is 15.9 Å². The molecule has 0 aliphatic rings. The molecule has 3 heteroatoms. The highest BCUT2D eigenvalue weighted by Gasteiger charge is 2.10. The van der Waals surface area contributed by atoms with E-state index in [1.54, 1.807) is 6.92 Å². The second kappa shape index (κ2) is 5.91. The van der Waals surface area contributed by atoms with Crippen LogP contribution in [0.15, 0.2) is 24.3 Å². The largest absolute Gasteiger partial charge is 0.494 e. The first kappa shape index (κ1) is 12.2. The Bertz CT molecular complexity index is 336. The van der Waals surface area contributed by atoms with Crippen LogP contribution >= 0.6 is 15.9 Å². The SMILES string of the molecule is CCOc1cccc(CC(Br)C(C)=O)c1. The number of ether oxygens (including phenoxy) is 1. The average molecular weight is 271 g/mol. The van der Waals surface area contributed by atoms with E-state index in [1.807, 2.05) is 31.2 Å². The molecule has 0 spiro atoms. The molecule has 0 fully saturated rings. The molecule has 15 heavy (non-hydrogen) atoms. The number of benzene rings is 1. The highest BCUT2D eigenvalue weighted by Crippen LogP contribution is 2.17. The summed E-state index contributed by atoms with van der Waals surface area (Å²) >= 11 is 3.35. The highest BCUT2D eigenvalue weighted by atomic mass is 79.9. The van der Waals surface area contributed by atoms with E-state index in [0.717, 1.165) is 11.3 Å². The number of halogens is 1. The molecule has 1 unspecified atom stereocenters. The Morgan fingerprint density at radius 3 is 2.87 bits per heavy atom. The fourth-order valence-electron chi connectivity index (χ4n) is 1.28. The molecule has 0 amide bonds. The van der Waals surface area contributed by atoms with Gasteiger partial charge in [-0.25, -0.2) is 0 Å². The topological polar surface area (TPSA) is 26.3 Å². The van der Waals surface area contributed by atoms with Crippen molar-refractivity contribution in [2.45, 2.75) is 25.1 Å². The first-order valence-electron chi connectivity index (χ1n) is 4.99. The summed E-state index contributed by atoms with van der Waals surface area (Å²) in [5, 5.41) is 0. The molecule has 2 nitrogen and oxygen atoms in total. The van der Waals surface area contributed by atoms with Gasteiger partial charge in [0.2, 0.25) is 0 Å². The van der Waals surface area contributed by atoms with Crippen LogP contribution in [-0.2, 0) is 11.2 Å². The minimum atomic E-state index is -0.102. The van der Waals surface area contributed by atoms with Crippen molar-refractivity contribution in [2.24, 2.45) is 0 Å². The molecule has 0 aromatic heterocycles. The van der Waals surface area contributed by atoms with Crippen molar-refractivity contribution in [3.8, 4) is 5.75 Å². The number of carbonyl (C=O) groups excluding carboxylic acids is 1. The summed E-state index contributed by atoms with van der Waals surface area (Å²) < 4.78 is 5.39. The first-order chi connectivity index (χ1) is 7.13. The molecular formula is C12H15BrO2. The number of ketones is 1. The Labute approximate surface area is 98.8 Å². The van der Waals surface area contributed by atoms with Gasteiger partial charge in [0, 0.05) is 0 Å². The fraction of sp³-hybridized carbons (Fsp3) is 0.417. The van der Waals surface area contributed by atoms with Crippen LogP contribution in [0.2, 0.25) is 0 Å². The van der Waals surface area contributed by atoms with E-state index in [4.69, 9.17) is 4.74 Å². The molecule has 0 bridgehead atoms. The van der Waals surface area contributed by atoms with Crippen molar-refractivity contribution in [1.82, 2.24) is 0 Å². The van der Waals surface area contributed by atoms with Gasteiger partial charge >= 0.3 is 0 Å². The van der Waals surface area contributed by atoms with Crippen LogP contribution in [0.4, 0.5) is 0 Å². The van der Waals surface area contributed by atoms with Gasteiger partial charge in [0.25, 0.3) is 0 Å². The molecule has 0 radical (unpaired) electrons. The highest BCUT2D eigenvalue weighted by molar-refractivity contribution is 9.10. The smallest absolute Gasteiger partial charge is 0.143 e. The zero-order valence-corrected chi connectivity index (χ0v) is 10.6. The molecule has 0 aliphatic heterocycles. The minimum absolute atomic E-state index is 0.102. The molecule has 0 saturated heterocycles. The van der Waals surface area contributed by atoms with Gasteiger partial charge in [0.05, 0.1) is 11.4 Å². The van der Waals surface area contributed by atoms with Crippen LogP contribution < -0.4 is 4.74 Å². The van der Waals surface area contributed by atoms with Crippen LogP contribution in [-0.4, -0.2) is 17.2 Å². The Balaban J connectivity index is 2.68. The summed E-state index contributed by atoms with van der Waals surface area (Å²) in [5.74, 6) is 1.01. The number of Topliss-reactive ketones (excluding diaryl/α,β-unsaturated/α-hetero) is 1. The van der Waals surface area contributed by atoms with Gasteiger partial charge in [-0.2, -0.15) is 0 Å². The van der Waals surface area contributed by atoms with Crippen molar-refractivity contribution in [2.75, 3.05) is 6.61 Å². The number of alkyl halides is 1. The number of rotatable bonds is 5. The lowest BCUT2D eigenvalue weighted by molar-refractivity contribution is -0.116. The van der Waals surface area contributed by atoms with Gasteiger partial charge in [-0.1, -0.05) is 28.1 Å². The standard InChI is InChI=1S/C12H15BrO2/c1-3-15-11-6-4-5-10(7-11)8-12(13)9(2)14/h4-7,12H,3,8H2,1-2H3. The normalized spacial score (nSPS) is 12.2. The summed E-state index contributed by atoms with van der Waals surface area (Å²) in [6.07, 6.45) is 0.705. The Morgan fingerprint density at radius 1 is 1.53 bits per heavy atom. The van der Waals surface area contributed by atoms with Gasteiger partial charge in [-0.15, -0.1) is 0 Å². The van der Waals surface area contributed by atoms with Gasteiger partial charge < -0.3 is 4.74 Å². The third-order valence-corrected chi connectivity index (χ3v) is 3.03. The van der Waals surface area contributed by atoms with Crippen molar-refractivity contribution in [3.05, 3.63) is 29.8 Å². The summed E-state index contributed by atoms with van der Waals surface area (Å²) in [6.45, 7) is 4.20. The van der Waals surface area contributed by atoms with Crippen LogP contribution in [0.5, 0.6) is 5.75 Å². The van der Waals surface area contributed by atoms with Gasteiger partial charge in [0.1, 0.15) is 11.5 Å². The van der Waals surface area contributed by atoms with Crippen molar-refractivity contribution < 1.29 is 9.53 Å².